The number of hydrogen-bond donors (Lipinski definition) is 1. The number of carbonyl (C=O) groups is 1. The summed E-state index contributed by atoms with van der Waals surface area (Å²) in [4.78, 5) is 11.5. The normalized spacial score (nSPS) is 11.9. The van der Waals surface area contributed by atoms with E-state index in [0.717, 1.165) is 10.5 Å². The molecule has 0 saturated heterocycles. The Morgan fingerprint density at radius 2 is 1.90 bits per heavy atom. The van der Waals surface area contributed by atoms with Gasteiger partial charge in [-0.15, -0.1) is 0 Å². The number of benzene rings is 2. The topological polar surface area (TPSA) is 63.6 Å². The highest BCUT2D eigenvalue weighted by molar-refractivity contribution is 7.85. The molecule has 5 heteroatoms. The molecule has 2 aromatic carbocycles. The molecule has 2 aromatic rings. The predicted octanol–water partition coefficient (Wildman–Crippen LogP) is 2.88. The van der Waals surface area contributed by atoms with Crippen molar-refractivity contribution in [3.63, 3.8) is 0 Å². The second-order valence-corrected chi connectivity index (χ2v) is 6.11. The summed E-state index contributed by atoms with van der Waals surface area (Å²) in [7, 11) is -1.10. The van der Waals surface area contributed by atoms with E-state index >= 15 is 0 Å². The first kappa shape index (κ1) is 15.3. The van der Waals surface area contributed by atoms with Crippen LogP contribution in [0.4, 0.5) is 0 Å². The Kier molecular flexibility index (Phi) is 5.11. The van der Waals surface area contributed by atoms with Crippen LogP contribution < -0.4 is 4.74 Å². The Morgan fingerprint density at radius 3 is 2.52 bits per heavy atom. The molecule has 21 heavy (non-hydrogen) atoms. The van der Waals surface area contributed by atoms with Gasteiger partial charge < -0.3 is 9.84 Å². The first-order valence-electron chi connectivity index (χ1n) is 6.47. The van der Waals surface area contributed by atoms with Crippen LogP contribution in [0.5, 0.6) is 5.75 Å². The first-order valence-corrected chi connectivity index (χ1v) is 7.79. The van der Waals surface area contributed by atoms with E-state index in [1.54, 1.807) is 12.1 Å². The molecule has 0 aliphatic rings. The highest BCUT2D eigenvalue weighted by Crippen LogP contribution is 2.13. The molecule has 0 bridgehead atoms. The number of carboxylic acids is 1. The molecule has 0 spiro atoms. The van der Waals surface area contributed by atoms with Crippen LogP contribution in [-0.4, -0.2) is 27.6 Å². The Labute approximate surface area is 125 Å². The second-order valence-electron chi connectivity index (χ2n) is 4.54. The van der Waals surface area contributed by atoms with Crippen molar-refractivity contribution < 1.29 is 18.8 Å². The SMILES string of the molecule is Cc1cccc(S(=O)CCOc2ccc(C(=O)O)cc2)c1. The molecule has 110 valence electrons. The maximum Gasteiger partial charge on any atom is 0.335 e. The third-order valence-corrected chi connectivity index (χ3v) is 4.21. The third kappa shape index (κ3) is 4.43. The summed E-state index contributed by atoms with van der Waals surface area (Å²) in [6.45, 7) is 2.27. The van der Waals surface area contributed by atoms with Gasteiger partial charge in [-0.2, -0.15) is 0 Å². The fourth-order valence-electron chi connectivity index (χ4n) is 1.80. The third-order valence-electron chi connectivity index (χ3n) is 2.89. The number of hydrogen-bond acceptors (Lipinski definition) is 3. The fourth-order valence-corrected chi connectivity index (χ4v) is 2.82. The van der Waals surface area contributed by atoms with Crippen LogP contribution in [0.2, 0.25) is 0 Å². The minimum Gasteiger partial charge on any atom is -0.493 e. The van der Waals surface area contributed by atoms with E-state index in [9.17, 15) is 9.00 Å². The van der Waals surface area contributed by atoms with Crippen molar-refractivity contribution in [2.75, 3.05) is 12.4 Å². The highest BCUT2D eigenvalue weighted by Gasteiger charge is 2.05. The van der Waals surface area contributed by atoms with Gasteiger partial charge in [0.15, 0.2) is 0 Å². The van der Waals surface area contributed by atoms with Crippen LogP contribution in [0, 0.1) is 6.92 Å². The summed E-state index contributed by atoms with van der Waals surface area (Å²) in [5.74, 6) is -0.00669. The van der Waals surface area contributed by atoms with Crippen molar-refractivity contribution >= 4 is 16.8 Å². The number of aryl methyl sites for hydroxylation is 1. The molecule has 1 N–H and O–H groups in total. The molecule has 0 radical (unpaired) electrons. The van der Waals surface area contributed by atoms with Crippen LogP contribution in [-0.2, 0) is 10.8 Å². The largest absolute Gasteiger partial charge is 0.493 e. The molecule has 0 aliphatic carbocycles. The van der Waals surface area contributed by atoms with E-state index in [1.807, 2.05) is 31.2 Å². The zero-order chi connectivity index (χ0) is 15.2. The summed E-state index contributed by atoms with van der Waals surface area (Å²) >= 11 is 0. The Morgan fingerprint density at radius 1 is 1.19 bits per heavy atom. The minimum atomic E-state index is -1.10. The van der Waals surface area contributed by atoms with Gasteiger partial charge in [-0.1, -0.05) is 12.1 Å². The van der Waals surface area contributed by atoms with Gasteiger partial charge in [-0.05, 0) is 48.9 Å². The van der Waals surface area contributed by atoms with Crippen molar-refractivity contribution in [2.24, 2.45) is 0 Å². The molecule has 0 aromatic heterocycles. The monoisotopic (exact) mass is 304 g/mol. The lowest BCUT2D eigenvalue weighted by atomic mass is 10.2. The van der Waals surface area contributed by atoms with Gasteiger partial charge in [-0.25, -0.2) is 4.79 Å². The highest BCUT2D eigenvalue weighted by atomic mass is 32.2. The standard InChI is InChI=1S/C16H16O4S/c1-12-3-2-4-15(11-12)21(19)10-9-20-14-7-5-13(6-8-14)16(17)18/h2-8,11H,9-10H2,1H3,(H,17,18). The summed E-state index contributed by atoms with van der Waals surface area (Å²) in [5.41, 5.74) is 1.29. The van der Waals surface area contributed by atoms with Crippen LogP contribution >= 0.6 is 0 Å². The fraction of sp³-hybridized carbons (Fsp3) is 0.188. The summed E-state index contributed by atoms with van der Waals surface area (Å²) in [6, 6.07) is 13.7. The Bertz CT molecular complexity index is 650. The van der Waals surface area contributed by atoms with Crippen LogP contribution in [0.3, 0.4) is 0 Å². The molecular formula is C16H16O4S. The Hall–Kier alpha value is -2.14. The quantitative estimate of drug-likeness (QED) is 0.891. The maximum atomic E-state index is 12.1. The molecule has 0 aliphatic heterocycles. The number of ether oxygens (including phenoxy) is 1. The number of carboxylic acid groups (broad SMARTS) is 1. The second kappa shape index (κ2) is 7.04. The lowest BCUT2D eigenvalue weighted by molar-refractivity contribution is 0.0697. The van der Waals surface area contributed by atoms with E-state index < -0.39 is 16.8 Å². The smallest absolute Gasteiger partial charge is 0.335 e. The van der Waals surface area contributed by atoms with Crippen molar-refractivity contribution in [1.82, 2.24) is 0 Å². The van der Waals surface area contributed by atoms with Gasteiger partial charge in [0.2, 0.25) is 0 Å². The molecule has 1 atom stereocenters. The van der Waals surface area contributed by atoms with Gasteiger partial charge in [0.1, 0.15) is 12.4 Å². The van der Waals surface area contributed by atoms with Crippen LogP contribution in [0.15, 0.2) is 53.4 Å². The van der Waals surface area contributed by atoms with E-state index in [1.165, 1.54) is 12.1 Å². The molecular weight excluding hydrogens is 288 g/mol. The molecule has 0 heterocycles. The molecule has 1 unspecified atom stereocenters. The van der Waals surface area contributed by atoms with Crippen molar-refractivity contribution in [3.05, 3.63) is 59.7 Å². The summed E-state index contributed by atoms with van der Waals surface area (Å²) in [5, 5.41) is 8.79. The summed E-state index contributed by atoms with van der Waals surface area (Å²) < 4.78 is 17.6. The van der Waals surface area contributed by atoms with Crippen molar-refractivity contribution in [1.29, 1.82) is 0 Å². The molecule has 2 rings (SSSR count). The van der Waals surface area contributed by atoms with Gasteiger partial charge in [0.05, 0.1) is 22.1 Å². The molecule has 4 nitrogen and oxygen atoms in total. The van der Waals surface area contributed by atoms with Crippen molar-refractivity contribution in [3.8, 4) is 5.75 Å². The van der Waals surface area contributed by atoms with Crippen LogP contribution in [0.25, 0.3) is 0 Å². The number of rotatable bonds is 6. The average Bonchev–Trinajstić information content (AvgIpc) is 2.47. The van der Waals surface area contributed by atoms with Gasteiger partial charge >= 0.3 is 5.97 Å². The molecule has 0 saturated carbocycles. The minimum absolute atomic E-state index is 0.214. The zero-order valence-electron chi connectivity index (χ0n) is 11.6. The predicted molar refractivity (Wildman–Crippen MR) is 81.4 cm³/mol. The first-order chi connectivity index (χ1) is 10.1. The zero-order valence-corrected chi connectivity index (χ0v) is 12.4. The van der Waals surface area contributed by atoms with E-state index in [2.05, 4.69) is 0 Å². The summed E-state index contributed by atoms with van der Waals surface area (Å²) in [6.07, 6.45) is 0. The maximum absolute atomic E-state index is 12.1. The Balaban J connectivity index is 1.86. The van der Waals surface area contributed by atoms with Crippen molar-refractivity contribution in [2.45, 2.75) is 11.8 Å². The lowest BCUT2D eigenvalue weighted by Crippen LogP contribution is -2.09. The number of aromatic carboxylic acids is 1. The molecule has 0 fully saturated rings. The molecule has 0 amide bonds. The average molecular weight is 304 g/mol. The van der Waals surface area contributed by atoms with E-state index in [-0.39, 0.29) is 5.56 Å². The van der Waals surface area contributed by atoms with Crippen LogP contribution in [0.1, 0.15) is 15.9 Å². The van der Waals surface area contributed by atoms with E-state index in [0.29, 0.717) is 18.1 Å². The van der Waals surface area contributed by atoms with E-state index in [4.69, 9.17) is 9.84 Å². The van der Waals surface area contributed by atoms with Gasteiger partial charge in [0.25, 0.3) is 0 Å². The lowest BCUT2D eigenvalue weighted by Gasteiger charge is -2.07. The van der Waals surface area contributed by atoms with Gasteiger partial charge in [0, 0.05) is 4.90 Å². The van der Waals surface area contributed by atoms with Gasteiger partial charge in [-0.3, -0.25) is 4.21 Å².